The van der Waals surface area contributed by atoms with Gasteiger partial charge in [0.2, 0.25) is 0 Å². The van der Waals surface area contributed by atoms with Crippen LogP contribution in [0.1, 0.15) is 25.7 Å². The van der Waals surface area contributed by atoms with Gasteiger partial charge in [-0.2, -0.15) is 0 Å². The number of carbonyl (C=O) groups is 1. The summed E-state index contributed by atoms with van der Waals surface area (Å²) >= 11 is 6.03. The van der Waals surface area contributed by atoms with E-state index in [1.165, 1.54) is 11.1 Å². The summed E-state index contributed by atoms with van der Waals surface area (Å²) in [6, 6.07) is -0.276. The Labute approximate surface area is 111 Å². The predicted molar refractivity (Wildman–Crippen MR) is 69.0 cm³/mol. The van der Waals surface area contributed by atoms with Crippen LogP contribution in [0.4, 0.5) is 0 Å². The van der Waals surface area contributed by atoms with Crippen molar-refractivity contribution in [1.82, 2.24) is 9.74 Å². The highest BCUT2D eigenvalue weighted by Crippen LogP contribution is 2.38. The molecular weight excluding hydrogens is 252 g/mol. The number of halogens is 1. The van der Waals surface area contributed by atoms with Crippen LogP contribution in [0.3, 0.4) is 0 Å². The van der Waals surface area contributed by atoms with Crippen LogP contribution in [-0.4, -0.2) is 34.1 Å². The average molecular weight is 269 g/mol. The summed E-state index contributed by atoms with van der Waals surface area (Å²) in [6.45, 7) is 0.736. The fraction of sp³-hybridized carbons (Fsp3) is 0.615. The molecule has 0 amide bonds. The maximum absolute atomic E-state index is 11.2. The highest BCUT2D eigenvalue weighted by molar-refractivity contribution is 6.14. The smallest absolute Gasteiger partial charge is 0.320 e. The van der Waals surface area contributed by atoms with Gasteiger partial charge in [-0.1, -0.05) is 12.5 Å². The van der Waals surface area contributed by atoms with Crippen molar-refractivity contribution in [3.63, 3.8) is 0 Å². The highest BCUT2D eigenvalue weighted by atomic mass is 35.5. The number of hydrogen-bond donors (Lipinski definition) is 2. The van der Waals surface area contributed by atoms with E-state index in [0.29, 0.717) is 5.92 Å². The maximum Gasteiger partial charge on any atom is 0.320 e. The molecule has 2 heterocycles. The molecule has 98 valence electrons. The minimum absolute atomic E-state index is 0.150. The number of nitrogens with one attached hydrogen (secondary N) is 1. The van der Waals surface area contributed by atoms with E-state index >= 15 is 0 Å². The molecule has 0 aromatic rings. The van der Waals surface area contributed by atoms with Gasteiger partial charge in [0.15, 0.2) is 0 Å². The molecule has 1 aliphatic carbocycles. The van der Waals surface area contributed by atoms with Crippen molar-refractivity contribution in [2.24, 2.45) is 5.92 Å². The van der Waals surface area contributed by atoms with Gasteiger partial charge >= 0.3 is 5.97 Å². The number of aliphatic carboxylic acids is 1. The van der Waals surface area contributed by atoms with Gasteiger partial charge in [-0.05, 0) is 36.3 Å². The number of nitrogens with zero attached hydrogens (tertiary/aromatic N) is 1. The number of rotatable bonds is 1. The molecule has 2 aliphatic heterocycles. The Bertz CT molecular complexity index is 433. The molecule has 1 saturated heterocycles. The van der Waals surface area contributed by atoms with E-state index in [2.05, 4.69) is 11.4 Å². The summed E-state index contributed by atoms with van der Waals surface area (Å²) < 4.78 is 1.66. The molecule has 2 N–H and O–H groups in total. The second-order valence-electron chi connectivity index (χ2n) is 5.33. The number of fused-ring (bicyclic) bond motifs is 3. The fourth-order valence-electron chi connectivity index (χ4n) is 3.27. The second-order valence-corrected chi connectivity index (χ2v) is 5.77. The zero-order chi connectivity index (χ0) is 12.7. The van der Waals surface area contributed by atoms with Crippen LogP contribution < -0.4 is 5.32 Å². The Morgan fingerprint density at radius 3 is 3.11 bits per heavy atom. The SMILES string of the molecule is O=C(O)[C@@H]1CCCC2CC=C3CN(Cl)C=C3C2N1. The van der Waals surface area contributed by atoms with Crippen molar-refractivity contribution in [2.45, 2.75) is 37.8 Å². The van der Waals surface area contributed by atoms with E-state index in [1.54, 1.807) is 4.42 Å². The summed E-state index contributed by atoms with van der Waals surface area (Å²) in [7, 11) is 0. The van der Waals surface area contributed by atoms with Crippen LogP contribution >= 0.6 is 11.8 Å². The Kier molecular flexibility index (Phi) is 3.08. The first-order valence-corrected chi connectivity index (χ1v) is 6.81. The summed E-state index contributed by atoms with van der Waals surface area (Å²) in [4.78, 5) is 11.2. The van der Waals surface area contributed by atoms with Crippen LogP contribution in [0.15, 0.2) is 23.4 Å². The molecule has 2 unspecified atom stereocenters. The van der Waals surface area contributed by atoms with Crippen molar-refractivity contribution in [3.05, 3.63) is 23.4 Å². The molecule has 5 heteroatoms. The average Bonchev–Trinajstić information content (AvgIpc) is 2.58. The number of hydrogen-bond acceptors (Lipinski definition) is 3. The van der Waals surface area contributed by atoms with E-state index < -0.39 is 12.0 Å². The molecule has 0 saturated carbocycles. The molecular formula is C13H17ClN2O2. The van der Waals surface area contributed by atoms with Crippen molar-refractivity contribution >= 4 is 17.7 Å². The first kappa shape index (κ1) is 12.1. The lowest BCUT2D eigenvalue weighted by Crippen LogP contribution is -2.46. The number of allylic oxidation sites excluding steroid dienone is 1. The first-order valence-electron chi connectivity index (χ1n) is 6.47. The van der Waals surface area contributed by atoms with Gasteiger partial charge in [0.05, 0.1) is 6.54 Å². The highest BCUT2D eigenvalue weighted by Gasteiger charge is 2.37. The van der Waals surface area contributed by atoms with E-state index in [9.17, 15) is 9.90 Å². The summed E-state index contributed by atoms with van der Waals surface area (Å²) in [5, 5.41) is 12.5. The monoisotopic (exact) mass is 268 g/mol. The van der Waals surface area contributed by atoms with Gasteiger partial charge in [0.1, 0.15) is 6.04 Å². The maximum atomic E-state index is 11.2. The molecule has 3 rings (SSSR count). The lowest BCUT2D eigenvalue weighted by molar-refractivity contribution is -0.139. The third-order valence-electron chi connectivity index (χ3n) is 4.19. The Morgan fingerprint density at radius 2 is 2.33 bits per heavy atom. The van der Waals surface area contributed by atoms with Gasteiger partial charge in [-0.3, -0.25) is 14.5 Å². The van der Waals surface area contributed by atoms with E-state index in [0.717, 1.165) is 32.2 Å². The van der Waals surface area contributed by atoms with Crippen LogP contribution in [0.5, 0.6) is 0 Å². The molecule has 4 nitrogen and oxygen atoms in total. The molecule has 18 heavy (non-hydrogen) atoms. The van der Waals surface area contributed by atoms with Crippen molar-refractivity contribution < 1.29 is 9.90 Å². The van der Waals surface area contributed by atoms with Gasteiger partial charge in [-0.15, -0.1) is 0 Å². The fourth-order valence-corrected chi connectivity index (χ4v) is 3.50. The molecule has 0 aromatic heterocycles. The summed E-state index contributed by atoms with van der Waals surface area (Å²) in [6.07, 6.45) is 8.02. The standard InChI is InChI=1S/C13H17ClN2O2/c14-16-6-9-5-4-8-2-1-3-11(13(17)18)15-12(8)10(9)7-16/h5,7-8,11-12,15H,1-4,6H2,(H,17,18)/t8?,11-,12?/m0/s1. The molecule has 0 aromatic carbocycles. The molecule has 0 radical (unpaired) electrons. The Morgan fingerprint density at radius 1 is 1.50 bits per heavy atom. The van der Waals surface area contributed by atoms with Crippen LogP contribution in [0, 0.1) is 5.92 Å². The van der Waals surface area contributed by atoms with Crippen molar-refractivity contribution in [3.8, 4) is 0 Å². The zero-order valence-electron chi connectivity index (χ0n) is 10.1. The van der Waals surface area contributed by atoms with E-state index in [4.69, 9.17) is 11.8 Å². The topological polar surface area (TPSA) is 52.6 Å². The lowest BCUT2D eigenvalue weighted by atomic mass is 9.80. The van der Waals surface area contributed by atoms with E-state index in [-0.39, 0.29) is 6.04 Å². The van der Waals surface area contributed by atoms with Crippen LogP contribution in [0.2, 0.25) is 0 Å². The number of carboxylic acid groups (broad SMARTS) is 1. The van der Waals surface area contributed by atoms with Crippen molar-refractivity contribution in [2.75, 3.05) is 6.54 Å². The molecule has 0 bridgehead atoms. The van der Waals surface area contributed by atoms with E-state index in [1.807, 2.05) is 6.20 Å². The van der Waals surface area contributed by atoms with Gasteiger partial charge < -0.3 is 5.11 Å². The van der Waals surface area contributed by atoms with Gasteiger partial charge in [-0.25, -0.2) is 0 Å². The molecule has 0 spiro atoms. The zero-order valence-corrected chi connectivity index (χ0v) is 10.9. The van der Waals surface area contributed by atoms with Crippen LogP contribution in [-0.2, 0) is 4.79 Å². The molecule has 3 atom stereocenters. The normalized spacial score (nSPS) is 35.2. The van der Waals surface area contributed by atoms with Gasteiger partial charge in [0, 0.05) is 24.0 Å². The van der Waals surface area contributed by atoms with Gasteiger partial charge in [0.25, 0.3) is 0 Å². The predicted octanol–water partition coefficient (Wildman–Crippen LogP) is 1.88. The lowest BCUT2D eigenvalue weighted by Gasteiger charge is -2.31. The number of carboxylic acids is 1. The molecule has 3 aliphatic rings. The van der Waals surface area contributed by atoms with Crippen LogP contribution in [0.25, 0.3) is 0 Å². The third-order valence-corrected chi connectivity index (χ3v) is 4.41. The summed E-state index contributed by atoms with van der Waals surface area (Å²) in [5.41, 5.74) is 2.44. The van der Waals surface area contributed by atoms with Crippen molar-refractivity contribution in [1.29, 1.82) is 0 Å². The quantitative estimate of drug-likeness (QED) is 0.713. The Balaban J connectivity index is 1.88. The Hall–Kier alpha value is -1.00. The largest absolute Gasteiger partial charge is 0.480 e. The molecule has 1 fully saturated rings. The summed E-state index contributed by atoms with van der Waals surface area (Å²) in [5.74, 6) is -0.236. The third kappa shape index (κ3) is 2.04. The minimum Gasteiger partial charge on any atom is -0.480 e. The minimum atomic E-state index is -0.743. The second kappa shape index (κ2) is 4.59. The first-order chi connectivity index (χ1) is 8.65.